The second-order valence-corrected chi connectivity index (χ2v) is 4.10. The summed E-state index contributed by atoms with van der Waals surface area (Å²) in [6.07, 6.45) is 0. The molecule has 2 rings (SSSR count). The number of fused-ring (bicyclic) bond motifs is 1. The van der Waals surface area contributed by atoms with Crippen molar-refractivity contribution in [1.29, 1.82) is 0 Å². The predicted octanol–water partition coefficient (Wildman–Crippen LogP) is 2.43. The zero-order valence-corrected chi connectivity index (χ0v) is 9.77. The number of rotatable bonds is 3. The van der Waals surface area contributed by atoms with E-state index in [0.717, 1.165) is 16.5 Å². The summed E-state index contributed by atoms with van der Waals surface area (Å²) < 4.78 is 0. The van der Waals surface area contributed by atoms with Crippen molar-refractivity contribution in [3.63, 3.8) is 0 Å². The van der Waals surface area contributed by atoms with Crippen LogP contribution in [0.15, 0.2) is 30.3 Å². The molecule has 2 aromatic rings. The summed E-state index contributed by atoms with van der Waals surface area (Å²) in [4.78, 5) is 15.1. The molecule has 0 saturated carbocycles. The van der Waals surface area contributed by atoms with Crippen molar-refractivity contribution in [3.05, 3.63) is 35.9 Å². The van der Waals surface area contributed by atoms with E-state index in [0.29, 0.717) is 5.82 Å². The first-order chi connectivity index (χ1) is 8.06. The van der Waals surface area contributed by atoms with Crippen LogP contribution in [0.5, 0.6) is 0 Å². The summed E-state index contributed by atoms with van der Waals surface area (Å²) in [6, 6.07) is 9.07. The molecular formula is C13H14N2O2. The molecular weight excluding hydrogens is 216 g/mol. The number of nitrogens with one attached hydrogen (secondary N) is 1. The third-order valence-electron chi connectivity index (χ3n) is 2.58. The zero-order valence-electron chi connectivity index (χ0n) is 9.77. The van der Waals surface area contributed by atoms with Gasteiger partial charge in [-0.05, 0) is 37.6 Å². The number of carboxylic acids is 1. The third kappa shape index (κ3) is 2.53. The van der Waals surface area contributed by atoms with Crippen LogP contribution in [0, 0.1) is 6.92 Å². The monoisotopic (exact) mass is 230 g/mol. The Kier molecular flexibility index (Phi) is 2.95. The minimum Gasteiger partial charge on any atom is -0.480 e. The van der Waals surface area contributed by atoms with Crippen molar-refractivity contribution in [1.82, 2.24) is 4.98 Å². The molecule has 17 heavy (non-hydrogen) atoms. The lowest BCUT2D eigenvalue weighted by Gasteiger charge is -2.10. The van der Waals surface area contributed by atoms with E-state index in [-0.39, 0.29) is 0 Å². The van der Waals surface area contributed by atoms with Crippen LogP contribution in [0.1, 0.15) is 12.5 Å². The summed E-state index contributed by atoms with van der Waals surface area (Å²) >= 11 is 0. The van der Waals surface area contributed by atoms with Crippen molar-refractivity contribution in [2.24, 2.45) is 0 Å². The number of aromatic nitrogens is 1. The average molecular weight is 230 g/mol. The van der Waals surface area contributed by atoms with Crippen molar-refractivity contribution in [3.8, 4) is 0 Å². The molecule has 0 saturated heterocycles. The molecule has 4 heteroatoms. The number of aliphatic carboxylic acids is 1. The summed E-state index contributed by atoms with van der Waals surface area (Å²) in [5, 5.41) is 12.7. The van der Waals surface area contributed by atoms with Crippen LogP contribution in [0.2, 0.25) is 0 Å². The molecule has 1 unspecified atom stereocenters. The molecule has 0 aliphatic heterocycles. The summed E-state index contributed by atoms with van der Waals surface area (Å²) in [6.45, 7) is 3.59. The van der Waals surface area contributed by atoms with Gasteiger partial charge in [-0.25, -0.2) is 4.98 Å². The number of pyridine rings is 1. The molecule has 1 heterocycles. The zero-order chi connectivity index (χ0) is 12.4. The number of hydrogen-bond acceptors (Lipinski definition) is 3. The molecule has 1 aromatic heterocycles. The lowest BCUT2D eigenvalue weighted by atomic mass is 10.1. The highest BCUT2D eigenvalue weighted by Crippen LogP contribution is 2.17. The SMILES string of the molecule is Cc1ccc2ccc(NC(C)C(=O)O)nc2c1. The number of benzene rings is 1. The molecule has 4 nitrogen and oxygen atoms in total. The Morgan fingerprint density at radius 3 is 2.76 bits per heavy atom. The van der Waals surface area contributed by atoms with Gasteiger partial charge in [0.25, 0.3) is 0 Å². The fourth-order valence-electron chi connectivity index (χ4n) is 1.59. The summed E-state index contributed by atoms with van der Waals surface area (Å²) in [7, 11) is 0. The quantitative estimate of drug-likeness (QED) is 0.850. The number of carboxylic acid groups (broad SMARTS) is 1. The number of anilines is 1. The fraction of sp³-hybridized carbons (Fsp3) is 0.231. The van der Waals surface area contributed by atoms with Crippen LogP contribution in [-0.2, 0) is 4.79 Å². The number of hydrogen-bond donors (Lipinski definition) is 2. The molecule has 2 N–H and O–H groups in total. The van der Waals surface area contributed by atoms with Gasteiger partial charge in [0.1, 0.15) is 11.9 Å². The van der Waals surface area contributed by atoms with E-state index in [2.05, 4.69) is 10.3 Å². The highest BCUT2D eigenvalue weighted by atomic mass is 16.4. The Morgan fingerprint density at radius 2 is 2.06 bits per heavy atom. The number of aryl methyl sites for hydroxylation is 1. The van der Waals surface area contributed by atoms with Gasteiger partial charge in [0, 0.05) is 5.39 Å². The molecule has 0 aliphatic rings. The Balaban J connectivity index is 2.33. The van der Waals surface area contributed by atoms with Crippen LogP contribution in [0.4, 0.5) is 5.82 Å². The minimum absolute atomic E-state index is 0.581. The van der Waals surface area contributed by atoms with E-state index in [1.165, 1.54) is 0 Å². The Morgan fingerprint density at radius 1 is 1.35 bits per heavy atom. The number of carbonyl (C=O) groups is 1. The Hall–Kier alpha value is -2.10. The van der Waals surface area contributed by atoms with Crippen LogP contribution in [0.25, 0.3) is 10.9 Å². The topological polar surface area (TPSA) is 62.2 Å². The highest BCUT2D eigenvalue weighted by molar-refractivity contribution is 5.82. The molecule has 1 atom stereocenters. The van der Waals surface area contributed by atoms with E-state index >= 15 is 0 Å². The van der Waals surface area contributed by atoms with Gasteiger partial charge >= 0.3 is 5.97 Å². The molecule has 0 bridgehead atoms. The molecule has 0 amide bonds. The maximum Gasteiger partial charge on any atom is 0.325 e. The van der Waals surface area contributed by atoms with E-state index < -0.39 is 12.0 Å². The van der Waals surface area contributed by atoms with E-state index in [9.17, 15) is 4.79 Å². The van der Waals surface area contributed by atoms with Gasteiger partial charge in [-0.3, -0.25) is 4.79 Å². The van der Waals surface area contributed by atoms with Crippen molar-refractivity contribution in [2.45, 2.75) is 19.9 Å². The first-order valence-electron chi connectivity index (χ1n) is 5.43. The first-order valence-corrected chi connectivity index (χ1v) is 5.43. The smallest absolute Gasteiger partial charge is 0.325 e. The maximum absolute atomic E-state index is 10.7. The van der Waals surface area contributed by atoms with E-state index in [1.807, 2.05) is 31.2 Å². The van der Waals surface area contributed by atoms with Crippen LogP contribution >= 0.6 is 0 Å². The standard InChI is InChI=1S/C13H14N2O2/c1-8-3-4-10-5-6-12(15-11(10)7-8)14-9(2)13(16)17/h3-7,9H,1-2H3,(H,14,15)(H,16,17). The maximum atomic E-state index is 10.7. The minimum atomic E-state index is -0.892. The van der Waals surface area contributed by atoms with Crippen molar-refractivity contribution < 1.29 is 9.90 Å². The molecule has 0 radical (unpaired) electrons. The van der Waals surface area contributed by atoms with Gasteiger partial charge in [-0.15, -0.1) is 0 Å². The third-order valence-corrected chi connectivity index (χ3v) is 2.58. The van der Waals surface area contributed by atoms with Crippen LogP contribution < -0.4 is 5.32 Å². The van der Waals surface area contributed by atoms with E-state index in [1.54, 1.807) is 13.0 Å². The molecule has 88 valence electrons. The highest BCUT2D eigenvalue weighted by Gasteiger charge is 2.10. The predicted molar refractivity (Wildman–Crippen MR) is 67.2 cm³/mol. The summed E-state index contributed by atoms with van der Waals surface area (Å²) in [5.74, 6) is -0.311. The second kappa shape index (κ2) is 4.41. The Labute approximate surface area is 99.3 Å². The van der Waals surface area contributed by atoms with Gasteiger partial charge in [0.2, 0.25) is 0 Å². The van der Waals surface area contributed by atoms with E-state index in [4.69, 9.17) is 5.11 Å². The molecule has 1 aromatic carbocycles. The molecule has 0 spiro atoms. The molecule has 0 aliphatic carbocycles. The normalized spacial score (nSPS) is 12.4. The lowest BCUT2D eigenvalue weighted by Crippen LogP contribution is -2.25. The van der Waals surface area contributed by atoms with Gasteiger partial charge in [-0.2, -0.15) is 0 Å². The van der Waals surface area contributed by atoms with Gasteiger partial charge < -0.3 is 10.4 Å². The molecule has 0 fully saturated rings. The Bertz CT molecular complexity index is 566. The lowest BCUT2D eigenvalue weighted by molar-refractivity contribution is -0.137. The van der Waals surface area contributed by atoms with Crippen LogP contribution in [0.3, 0.4) is 0 Å². The second-order valence-electron chi connectivity index (χ2n) is 4.10. The number of nitrogens with zero attached hydrogens (tertiary/aromatic N) is 1. The summed E-state index contributed by atoms with van der Waals surface area (Å²) in [5.41, 5.74) is 2.00. The van der Waals surface area contributed by atoms with Gasteiger partial charge in [0.15, 0.2) is 0 Å². The largest absolute Gasteiger partial charge is 0.480 e. The van der Waals surface area contributed by atoms with Gasteiger partial charge in [-0.1, -0.05) is 12.1 Å². The van der Waals surface area contributed by atoms with Crippen molar-refractivity contribution in [2.75, 3.05) is 5.32 Å². The average Bonchev–Trinajstić information content (AvgIpc) is 2.28. The van der Waals surface area contributed by atoms with Crippen molar-refractivity contribution >= 4 is 22.7 Å². The van der Waals surface area contributed by atoms with Gasteiger partial charge in [0.05, 0.1) is 5.52 Å². The van der Waals surface area contributed by atoms with Crippen LogP contribution in [-0.4, -0.2) is 22.1 Å². The fourth-order valence-corrected chi connectivity index (χ4v) is 1.59. The first kappa shape index (κ1) is 11.4.